The molecule has 3 rings (SSSR count). The third-order valence-corrected chi connectivity index (χ3v) is 4.57. The van der Waals surface area contributed by atoms with Gasteiger partial charge in [0.2, 0.25) is 11.8 Å². The van der Waals surface area contributed by atoms with Crippen LogP contribution in [0.1, 0.15) is 24.8 Å². The smallest absolute Gasteiger partial charge is 0.242 e. The molecule has 2 aliphatic heterocycles. The lowest BCUT2D eigenvalue weighted by Gasteiger charge is -2.24. The van der Waals surface area contributed by atoms with Crippen molar-refractivity contribution in [2.75, 3.05) is 19.6 Å². The zero-order valence-electron chi connectivity index (χ0n) is 13.1. The van der Waals surface area contributed by atoms with E-state index in [4.69, 9.17) is 0 Å². The first kappa shape index (κ1) is 15.9. The zero-order chi connectivity index (χ0) is 16.2. The molecule has 6 heteroatoms. The van der Waals surface area contributed by atoms with E-state index in [9.17, 15) is 14.0 Å². The molecule has 0 aliphatic carbocycles. The minimum atomic E-state index is -0.363. The van der Waals surface area contributed by atoms with Gasteiger partial charge in [-0.1, -0.05) is 12.1 Å². The summed E-state index contributed by atoms with van der Waals surface area (Å²) in [5, 5.41) is 6.16. The van der Waals surface area contributed by atoms with Crippen molar-refractivity contribution in [1.29, 1.82) is 0 Å². The number of benzene rings is 1. The van der Waals surface area contributed by atoms with Crippen molar-refractivity contribution in [3.63, 3.8) is 0 Å². The molecule has 0 spiro atoms. The van der Waals surface area contributed by atoms with Crippen LogP contribution in [0.3, 0.4) is 0 Å². The minimum Gasteiger partial charge on any atom is -0.347 e. The summed E-state index contributed by atoms with van der Waals surface area (Å²) >= 11 is 0. The summed E-state index contributed by atoms with van der Waals surface area (Å²) in [6.45, 7) is 1.47. The van der Waals surface area contributed by atoms with E-state index in [0.29, 0.717) is 17.6 Å². The summed E-state index contributed by atoms with van der Waals surface area (Å²) in [6, 6.07) is 6.85. The largest absolute Gasteiger partial charge is 0.347 e. The van der Waals surface area contributed by atoms with Crippen molar-refractivity contribution in [2.45, 2.75) is 37.8 Å². The van der Waals surface area contributed by atoms with Crippen molar-refractivity contribution < 1.29 is 14.0 Å². The molecule has 2 atom stereocenters. The SMILES string of the molecule is O=C(Cc1cccc(F)c1)NCC(=O)N1CCC2CCC(C1)N2. The summed E-state index contributed by atoms with van der Waals surface area (Å²) in [6.07, 6.45) is 3.36. The van der Waals surface area contributed by atoms with E-state index in [0.717, 1.165) is 25.9 Å². The number of hydrogen-bond acceptors (Lipinski definition) is 3. The van der Waals surface area contributed by atoms with E-state index < -0.39 is 0 Å². The maximum Gasteiger partial charge on any atom is 0.242 e. The van der Waals surface area contributed by atoms with Crippen LogP contribution in [0.2, 0.25) is 0 Å². The fraction of sp³-hybridized carbons (Fsp3) is 0.529. The van der Waals surface area contributed by atoms with Crippen LogP contribution < -0.4 is 10.6 Å². The number of carbonyl (C=O) groups is 2. The summed E-state index contributed by atoms with van der Waals surface area (Å²) in [5.74, 6) is -0.677. The first-order valence-corrected chi connectivity index (χ1v) is 8.15. The summed E-state index contributed by atoms with van der Waals surface area (Å²) < 4.78 is 13.1. The van der Waals surface area contributed by atoms with Gasteiger partial charge < -0.3 is 15.5 Å². The lowest BCUT2D eigenvalue weighted by atomic mass is 10.1. The van der Waals surface area contributed by atoms with Gasteiger partial charge in [-0.05, 0) is 37.0 Å². The second-order valence-electron chi connectivity index (χ2n) is 6.35. The standard InChI is InChI=1S/C17H22FN3O2/c18-13-3-1-2-12(8-13)9-16(22)19-10-17(23)21-7-6-14-4-5-15(11-21)20-14/h1-3,8,14-15,20H,4-7,9-11H2,(H,19,22). The van der Waals surface area contributed by atoms with E-state index in [2.05, 4.69) is 10.6 Å². The number of nitrogens with zero attached hydrogens (tertiary/aromatic N) is 1. The predicted molar refractivity (Wildman–Crippen MR) is 84.3 cm³/mol. The number of likely N-dealkylation sites (tertiary alicyclic amines) is 1. The maximum atomic E-state index is 13.1. The highest BCUT2D eigenvalue weighted by Gasteiger charge is 2.30. The van der Waals surface area contributed by atoms with Crippen molar-refractivity contribution in [2.24, 2.45) is 0 Å². The van der Waals surface area contributed by atoms with Gasteiger partial charge in [0.15, 0.2) is 0 Å². The average Bonchev–Trinajstić information content (AvgIpc) is 2.84. The minimum absolute atomic E-state index is 0.00549. The molecule has 2 aliphatic rings. The van der Waals surface area contributed by atoms with E-state index in [1.807, 2.05) is 4.90 Å². The Hall–Kier alpha value is -1.95. The average molecular weight is 319 g/mol. The van der Waals surface area contributed by atoms with Crippen LogP contribution in [-0.4, -0.2) is 48.4 Å². The highest BCUT2D eigenvalue weighted by atomic mass is 19.1. The Bertz CT molecular complexity index is 593. The molecule has 5 nitrogen and oxygen atoms in total. The van der Waals surface area contributed by atoms with Crippen LogP contribution >= 0.6 is 0 Å². The third-order valence-electron chi connectivity index (χ3n) is 4.57. The van der Waals surface area contributed by atoms with Gasteiger partial charge in [-0.2, -0.15) is 0 Å². The molecule has 2 unspecified atom stereocenters. The number of rotatable bonds is 4. The molecule has 1 aromatic rings. The lowest BCUT2D eigenvalue weighted by molar-refractivity contribution is -0.132. The van der Waals surface area contributed by atoms with Crippen LogP contribution in [0, 0.1) is 5.82 Å². The fourth-order valence-corrected chi connectivity index (χ4v) is 3.35. The number of fused-ring (bicyclic) bond motifs is 2. The van der Waals surface area contributed by atoms with E-state index in [1.54, 1.807) is 12.1 Å². The van der Waals surface area contributed by atoms with Crippen LogP contribution in [0.4, 0.5) is 4.39 Å². The number of hydrogen-bond donors (Lipinski definition) is 2. The maximum absolute atomic E-state index is 13.1. The molecule has 1 aromatic carbocycles. The molecule has 2 N–H and O–H groups in total. The highest BCUT2D eigenvalue weighted by Crippen LogP contribution is 2.20. The second kappa shape index (κ2) is 7.08. The first-order chi connectivity index (χ1) is 11.1. The normalized spacial score (nSPS) is 23.4. The third kappa shape index (κ3) is 4.28. The fourth-order valence-electron chi connectivity index (χ4n) is 3.35. The van der Waals surface area contributed by atoms with E-state index >= 15 is 0 Å². The zero-order valence-corrected chi connectivity index (χ0v) is 13.1. The van der Waals surface area contributed by atoms with Gasteiger partial charge in [-0.25, -0.2) is 4.39 Å². The van der Waals surface area contributed by atoms with Gasteiger partial charge in [0.25, 0.3) is 0 Å². The number of amides is 2. The van der Waals surface area contributed by atoms with Crippen molar-refractivity contribution in [3.05, 3.63) is 35.6 Å². The predicted octanol–water partition coefficient (Wildman–Crippen LogP) is 0.837. The van der Waals surface area contributed by atoms with Gasteiger partial charge in [0.1, 0.15) is 5.82 Å². The van der Waals surface area contributed by atoms with Crippen molar-refractivity contribution in [1.82, 2.24) is 15.5 Å². The van der Waals surface area contributed by atoms with Crippen LogP contribution in [0.25, 0.3) is 0 Å². The topological polar surface area (TPSA) is 61.4 Å². The molecule has 2 bridgehead atoms. The van der Waals surface area contributed by atoms with Gasteiger partial charge in [-0.3, -0.25) is 9.59 Å². The molecule has 0 radical (unpaired) electrons. The Balaban J connectivity index is 1.46. The molecular weight excluding hydrogens is 297 g/mol. The molecule has 0 saturated carbocycles. The Kier molecular flexibility index (Phi) is 4.91. The summed E-state index contributed by atoms with van der Waals surface area (Å²) in [5.41, 5.74) is 0.603. The van der Waals surface area contributed by atoms with Crippen molar-refractivity contribution >= 4 is 11.8 Å². The number of nitrogens with one attached hydrogen (secondary N) is 2. The molecule has 23 heavy (non-hydrogen) atoms. The Morgan fingerprint density at radius 3 is 2.91 bits per heavy atom. The van der Waals surface area contributed by atoms with Crippen LogP contribution in [-0.2, 0) is 16.0 Å². The Morgan fingerprint density at radius 1 is 1.26 bits per heavy atom. The summed E-state index contributed by atoms with van der Waals surface area (Å²) in [7, 11) is 0. The molecule has 2 amide bonds. The van der Waals surface area contributed by atoms with Crippen LogP contribution in [0.15, 0.2) is 24.3 Å². The second-order valence-corrected chi connectivity index (χ2v) is 6.35. The van der Waals surface area contributed by atoms with Crippen molar-refractivity contribution in [3.8, 4) is 0 Å². The quantitative estimate of drug-likeness (QED) is 0.864. The molecule has 2 saturated heterocycles. The van der Waals surface area contributed by atoms with E-state index in [-0.39, 0.29) is 30.6 Å². The van der Waals surface area contributed by atoms with Crippen LogP contribution in [0.5, 0.6) is 0 Å². The monoisotopic (exact) mass is 319 g/mol. The Labute approximate surface area is 135 Å². The number of halogens is 1. The first-order valence-electron chi connectivity index (χ1n) is 8.15. The number of carbonyl (C=O) groups excluding carboxylic acids is 2. The van der Waals surface area contributed by atoms with Gasteiger partial charge in [0.05, 0.1) is 13.0 Å². The lowest BCUT2D eigenvalue weighted by Crippen LogP contribution is -2.44. The molecule has 0 aromatic heterocycles. The highest BCUT2D eigenvalue weighted by molar-refractivity contribution is 5.85. The Morgan fingerprint density at radius 2 is 2.09 bits per heavy atom. The van der Waals surface area contributed by atoms with E-state index in [1.165, 1.54) is 18.6 Å². The molecule has 124 valence electrons. The molecule has 2 heterocycles. The van der Waals surface area contributed by atoms with Gasteiger partial charge in [0, 0.05) is 25.2 Å². The van der Waals surface area contributed by atoms with Gasteiger partial charge >= 0.3 is 0 Å². The molecular formula is C17H22FN3O2. The summed E-state index contributed by atoms with van der Waals surface area (Å²) in [4.78, 5) is 26.0. The van der Waals surface area contributed by atoms with Gasteiger partial charge in [-0.15, -0.1) is 0 Å². The molecule has 2 fully saturated rings.